The second-order valence-corrected chi connectivity index (χ2v) is 7.91. The van der Waals surface area contributed by atoms with Crippen LogP contribution in [0.15, 0.2) is 42.5 Å². The van der Waals surface area contributed by atoms with Crippen LogP contribution in [-0.2, 0) is 33.5 Å². The van der Waals surface area contributed by atoms with Crippen LogP contribution in [0.5, 0.6) is 0 Å². The van der Waals surface area contributed by atoms with Crippen LogP contribution in [0.4, 0.5) is 5.69 Å². The summed E-state index contributed by atoms with van der Waals surface area (Å²) in [7, 11) is -3.40. The molecule has 5 nitrogen and oxygen atoms in total. The van der Waals surface area contributed by atoms with Gasteiger partial charge in [-0.15, -0.1) is 0 Å². The molecule has 0 aromatic heterocycles. The Morgan fingerprint density at radius 2 is 1.75 bits per heavy atom. The first-order valence-electron chi connectivity index (χ1n) is 7.86. The van der Waals surface area contributed by atoms with Crippen molar-refractivity contribution in [1.29, 1.82) is 0 Å². The summed E-state index contributed by atoms with van der Waals surface area (Å²) >= 11 is 0. The van der Waals surface area contributed by atoms with E-state index in [1.54, 1.807) is 0 Å². The zero-order valence-electron chi connectivity index (χ0n) is 13.5. The van der Waals surface area contributed by atoms with E-state index in [9.17, 15) is 13.2 Å². The van der Waals surface area contributed by atoms with E-state index in [4.69, 9.17) is 0 Å². The largest absolute Gasteiger partial charge is 0.326 e. The van der Waals surface area contributed by atoms with E-state index in [0.29, 0.717) is 12.8 Å². The molecular weight excluding hydrogens is 324 g/mol. The Balaban J connectivity index is 1.64. The second kappa shape index (κ2) is 6.75. The van der Waals surface area contributed by atoms with Gasteiger partial charge < -0.3 is 5.32 Å². The average Bonchev–Trinajstić information content (AvgIpc) is 2.55. The molecule has 0 saturated carbocycles. The van der Waals surface area contributed by atoms with Gasteiger partial charge in [-0.25, -0.2) is 13.1 Å². The van der Waals surface area contributed by atoms with Gasteiger partial charge in [-0.3, -0.25) is 4.79 Å². The van der Waals surface area contributed by atoms with Crippen molar-refractivity contribution in [2.45, 2.75) is 32.1 Å². The molecule has 1 heterocycles. The summed E-state index contributed by atoms with van der Waals surface area (Å²) < 4.78 is 27.1. The first kappa shape index (κ1) is 16.7. The molecule has 0 atom stereocenters. The molecule has 2 aromatic rings. The maximum absolute atomic E-state index is 12.2. The number of benzene rings is 2. The van der Waals surface area contributed by atoms with Crippen LogP contribution in [0, 0.1) is 6.92 Å². The number of hydrogen-bond donors (Lipinski definition) is 2. The fraction of sp³-hybridized carbons (Fsp3) is 0.278. The van der Waals surface area contributed by atoms with E-state index in [-0.39, 0.29) is 18.2 Å². The highest BCUT2D eigenvalue weighted by Crippen LogP contribution is 2.23. The Labute approximate surface area is 142 Å². The first-order valence-corrected chi connectivity index (χ1v) is 9.51. The standard InChI is InChI=1S/C18H20N2O3S/c1-13-2-4-14(5-3-13)12-24(22,23)19-11-15-6-8-17-16(10-15)7-9-18(21)20-17/h2-6,8,10,19H,7,9,11-12H2,1H3,(H,20,21). The van der Waals surface area contributed by atoms with Crippen LogP contribution in [0.25, 0.3) is 0 Å². The third-order valence-electron chi connectivity index (χ3n) is 4.04. The lowest BCUT2D eigenvalue weighted by molar-refractivity contribution is -0.116. The van der Waals surface area contributed by atoms with E-state index in [0.717, 1.165) is 27.9 Å². The monoisotopic (exact) mass is 344 g/mol. The molecule has 6 heteroatoms. The Morgan fingerprint density at radius 1 is 1.04 bits per heavy atom. The van der Waals surface area contributed by atoms with Gasteiger partial charge in [0.25, 0.3) is 0 Å². The normalized spacial score (nSPS) is 14.1. The number of aryl methyl sites for hydroxylation is 2. The number of rotatable bonds is 5. The highest BCUT2D eigenvalue weighted by molar-refractivity contribution is 7.88. The van der Waals surface area contributed by atoms with Crippen molar-refractivity contribution >= 4 is 21.6 Å². The van der Waals surface area contributed by atoms with Crippen molar-refractivity contribution in [1.82, 2.24) is 4.72 Å². The SMILES string of the molecule is Cc1ccc(CS(=O)(=O)NCc2ccc3c(c2)CCC(=O)N3)cc1. The van der Waals surface area contributed by atoms with Crippen molar-refractivity contribution < 1.29 is 13.2 Å². The van der Waals surface area contributed by atoms with Crippen molar-refractivity contribution in [2.75, 3.05) is 5.32 Å². The van der Waals surface area contributed by atoms with Gasteiger partial charge in [-0.05, 0) is 36.1 Å². The van der Waals surface area contributed by atoms with Crippen molar-refractivity contribution in [3.8, 4) is 0 Å². The Bertz CT molecular complexity index is 858. The molecule has 126 valence electrons. The highest BCUT2D eigenvalue weighted by Gasteiger charge is 2.16. The highest BCUT2D eigenvalue weighted by atomic mass is 32.2. The summed E-state index contributed by atoms with van der Waals surface area (Å²) in [5.41, 5.74) is 4.62. The summed E-state index contributed by atoms with van der Waals surface area (Å²) in [4.78, 5) is 11.4. The minimum Gasteiger partial charge on any atom is -0.326 e. The summed E-state index contributed by atoms with van der Waals surface area (Å²) in [5, 5.41) is 2.82. The van der Waals surface area contributed by atoms with E-state index in [1.807, 2.05) is 49.4 Å². The van der Waals surface area contributed by atoms with Gasteiger partial charge >= 0.3 is 0 Å². The molecule has 2 N–H and O–H groups in total. The predicted octanol–water partition coefficient (Wildman–Crippen LogP) is 2.50. The molecule has 24 heavy (non-hydrogen) atoms. The fourth-order valence-electron chi connectivity index (χ4n) is 2.69. The van der Waals surface area contributed by atoms with E-state index >= 15 is 0 Å². The fourth-order valence-corrected chi connectivity index (χ4v) is 3.81. The topological polar surface area (TPSA) is 75.3 Å². The summed E-state index contributed by atoms with van der Waals surface area (Å²) in [6.45, 7) is 2.21. The average molecular weight is 344 g/mol. The molecule has 0 bridgehead atoms. The Hall–Kier alpha value is -2.18. The first-order chi connectivity index (χ1) is 11.4. The maximum Gasteiger partial charge on any atom is 0.224 e. The lowest BCUT2D eigenvalue weighted by atomic mass is 10.0. The molecule has 0 unspecified atom stereocenters. The molecule has 0 fully saturated rings. The lowest BCUT2D eigenvalue weighted by Crippen LogP contribution is -2.25. The van der Waals surface area contributed by atoms with E-state index in [1.165, 1.54) is 0 Å². The van der Waals surface area contributed by atoms with Gasteiger partial charge in [-0.1, -0.05) is 42.0 Å². The number of amides is 1. The number of nitrogens with one attached hydrogen (secondary N) is 2. The van der Waals surface area contributed by atoms with Crippen LogP contribution in [0.3, 0.4) is 0 Å². The summed E-state index contributed by atoms with van der Waals surface area (Å²) in [6, 6.07) is 13.1. The van der Waals surface area contributed by atoms with Gasteiger partial charge in [0.05, 0.1) is 5.75 Å². The number of carbonyl (C=O) groups is 1. The molecule has 1 aliphatic heterocycles. The minimum absolute atomic E-state index is 0.0223. The molecule has 3 rings (SSSR count). The second-order valence-electron chi connectivity index (χ2n) is 6.11. The van der Waals surface area contributed by atoms with Gasteiger partial charge in [0, 0.05) is 18.7 Å². The van der Waals surface area contributed by atoms with Crippen LogP contribution in [0.1, 0.15) is 28.7 Å². The zero-order chi connectivity index (χ0) is 17.2. The van der Waals surface area contributed by atoms with Gasteiger partial charge in [0.15, 0.2) is 0 Å². The van der Waals surface area contributed by atoms with Crippen molar-refractivity contribution in [2.24, 2.45) is 0 Å². The molecule has 0 spiro atoms. The minimum atomic E-state index is -3.40. The third kappa shape index (κ3) is 4.21. The maximum atomic E-state index is 12.2. The van der Waals surface area contributed by atoms with Crippen LogP contribution < -0.4 is 10.0 Å². The molecular formula is C18H20N2O3S. The molecule has 0 aliphatic carbocycles. The Kier molecular flexibility index (Phi) is 4.69. The number of sulfonamides is 1. The quantitative estimate of drug-likeness (QED) is 0.875. The van der Waals surface area contributed by atoms with E-state index < -0.39 is 10.0 Å². The molecule has 0 saturated heterocycles. The van der Waals surface area contributed by atoms with Gasteiger partial charge in [-0.2, -0.15) is 0 Å². The van der Waals surface area contributed by atoms with Crippen molar-refractivity contribution in [3.63, 3.8) is 0 Å². The number of carbonyl (C=O) groups excluding carboxylic acids is 1. The smallest absolute Gasteiger partial charge is 0.224 e. The number of hydrogen-bond acceptors (Lipinski definition) is 3. The predicted molar refractivity (Wildman–Crippen MR) is 94.0 cm³/mol. The molecule has 1 amide bonds. The number of anilines is 1. The van der Waals surface area contributed by atoms with Crippen molar-refractivity contribution in [3.05, 3.63) is 64.7 Å². The Morgan fingerprint density at radius 3 is 2.50 bits per heavy atom. The molecule has 0 radical (unpaired) electrons. The van der Waals surface area contributed by atoms with Gasteiger partial charge in [0.2, 0.25) is 15.9 Å². The summed E-state index contributed by atoms with van der Waals surface area (Å²) in [5.74, 6) is -0.0112. The number of fused-ring (bicyclic) bond motifs is 1. The lowest BCUT2D eigenvalue weighted by Gasteiger charge is -2.17. The molecule has 2 aromatic carbocycles. The molecule has 1 aliphatic rings. The van der Waals surface area contributed by atoms with Crippen LogP contribution in [0.2, 0.25) is 0 Å². The van der Waals surface area contributed by atoms with Gasteiger partial charge in [0.1, 0.15) is 0 Å². The zero-order valence-corrected chi connectivity index (χ0v) is 14.3. The van der Waals surface area contributed by atoms with Crippen LogP contribution in [-0.4, -0.2) is 14.3 Å². The van der Waals surface area contributed by atoms with Crippen LogP contribution >= 0.6 is 0 Å². The summed E-state index contributed by atoms with van der Waals surface area (Å²) in [6.07, 6.45) is 1.15. The third-order valence-corrected chi connectivity index (χ3v) is 5.34. The van der Waals surface area contributed by atoms with E-state index in [2.05, 4.69) is 10.0 Å².